The van der Waals surface area contributed by atoms with Crippen LogP contribution in [-0.2, 0) is 4.79 Å². The van der Waals surface area contributed by atoms with Gasteiger partial charge >= 0.3 is 0 Å². The third-order valence-electron chi connectivity index (χ3n) is 3.41. The van der Waals surface area contributed by atoms with Crippen LogP contribution in [0.5, 0.6) is 0 Å². The molecule has 3 N–H and O–H groups in total. The van der Waals surface area contributed by atoms with Gasteiger partial charge in [0, 0.05) is 12.2 Å². The van der Waals surface area contributed by atoms with Gasteiger partial charge in [-0.05, 0) is 44.5 Å². The van der Waals surface area contributed by atoms with Gasteiger partial charge in [0.05, 0.1) is 6.54 Å². The summed E-state index contributed by atoms with van der Waals surface area (Å²) in [6.45, 7) is 5.13. The minimum absolute atomic E-state index is 0. The molecule has 19 heavy (non-hydrogen) atoms. The Kier molecular flexibility index (Phi) is 6.28. The van der Waals surface area contributed by atoms with E-state index in [1.165, 1.54) is 5.56 Å². The molecule has 1 fully saturated rings. The SMILES string of the molecule is Cc1ccc(NC(=O)CN2CCC(CN)C2)cc1.Cl. The molecule has 1 aliphatic rings. The zero-order valence-electron chi connectivity index (χ0n) is 11.3. The summed E-state index contributed by atoms with van der Waals surface area (Å²) in [6.07, 6.45) is 1.11. The molecule has 0 saturated carbocycles. The van der Waals surface area contributed by atoms with E-state index < -0.39 is 0 Å². The van der Waals surface area contributed by atoms with Crippen molar-refractivity contribution in [2.24, 2.45) is 11.7 Å². The third-order valence-corrected chi connectivity index (χ3v) is 3.41. The Morgan fingerprint density at radius 1 is 1.42 bits per heavy atom. The van der Waals surface area contributed by atoms with Gasteiger partial charge in [0.15, 0.2) is 0 Å². The van der Waals surface area contributed by atoms with Crippen LogP contribution in [0, 0.1) is 12.8 Å². The zero-order chi connectivity index (χ0) is 13.0. The van der Waals surface area contributed by atoms with Crippen molar-refractivity contribution < 1.29 is 4.79 Å². The lowest BCUT2D eigenvalue weighted by atomic mass is 10.1. The van der Waals surface area contributed by atoms with Crippen LogP contribution in [-0.4, -0.2) is 37.0 Å². The number of nitrogens with two attached hydrogens (primary N) is 1. The van der Waals surface area contributed by atoms with Gasteiger partial charge in [-0.25, -0.2) is 0 Å². The van der Waals surface area contributed by atoms with Crippen molar-refractivity contribution in [3.8, 4) is 0 Å². The molecule has 1 atom stereocenters. The number of aryl methyl sites for hydroxylation is 1. The number of carbonyl (C=O) groups excluding carboxylic acids is 1. The average molecular weight is 284 g/mol. The normalized spacial score (nSPS) is 18.9. The van der Waals surface area contributed by atoms with Crippen molar-refractivity contribution >= 4 is 24.0 Å². The standard InChI is InChI=1S/C14H21N3O.ClH/c1-11-2-4-13(5-3-11)16-14(18)10-17-7-6-12(8-15)9-17;/h2-5,12H,6-10,15H2,1H3,(H,16,18);1H. The molecule has 1 aliphatic heterocycles. The van der Waals surface area contributed by atoms with Crippen molar-refractivity contribution in [2.75, 3.05) is 31.5 Å². The summed E-state index contributed by atoms with van der Waals surface area (Å²) in [4.78, 5) is 14.0. The molecule has 4 nitrogen and oxygen atoms in total. The number of hydrogen-bond donors (Lipinski definition) is 2. The number of anilines is 1. The Hall–Kier alpha value is -1.10. The quantitative estimate of drug-likeness (QED) is 0.883. The fourth-order valence-electron chi connectivity index (χ4n) is 2.29. The number of benzene rings is 1. The topological polar surface area (TPSA) is 58.4 Å². The first-order valence-corrected chi connectivity index (χ1v) is 6.46. The summed E-state index contributed by atoms with van der Waals surface area (Å²) in [6, 6.07) is 7.85. The minimum Gasteiger partial charge on any atom is -0.330 e. The third kappa shape index (κ3) is 4.82. The van der Waals surface area contributed by atoms with E-state index >= 15 is 0 Å². The molecule has 1 saturated heterocycles. The highest BCUT2D eigenvalue weighted by atomic mass is 35.5. The van der Waals surface area contributed by atoms with E-state index in [1.807, 2.05) is 31.2 Å². The molecule has 1 amide bonds. The lowest BCUT2D eigenvalue weighted by Gasteiger charge is -2.15. The molecule has 2 rings (SSSR count). The first kappa shape index (κ1) is 16.0. The first-order chi connectivity index (χ1) is 8.67. The van der Waals surface area contributed by atoms with E-state index in [9.17, 15) is 4.79 Å². The molecule has 1 aromatic carbocycles. The lowest BCUT2D eigenvalue weighted by molar-refractivity contribution is -0.117. The van der Waals surface area contributed by atoms with E-state index in [4.69, 9.17) is 5.73 Å². The van der Waals surface area contributed by atoms with Crippen molar-refractivity contribution in [1.29, 1.82) is 0 Å². The van der Waals surface area contributed by atoms with E-state index in [0.29, 0.717) is 12.5 Å². The highest BCUT2D eigenvalue weighted by Gasteiger charge is 2.22. The van der Waals surface area contributed by atoms with Crippen LogP contribution in [0.4, 0.5) is 5.69 Å². The van der Waals surface area contributed by atoms with Gasteiger partial charge in [-0.3, -0.25) is 9.69 Å². The zero-order valence-corrected chi connectivity index (χ0v) is 12.1. The van der Waals surface area contributed by atoms with E-state index in [-0.39, 0.29) is 18.3 Å². The Labute approximate surface area is 120 Å². The Bertz CT molecular complexity index is 408. The number of nitrogens with zero attached hydrogens (tertiary/aromatic N) is 1. The summed E-state index contributed by atoms with van der Waals surface area (Å²) < 4.78 is 0. The fraction of sp³-hybridized carbons (Fsp3) is 0.500. The number of nitrogens with one attached hydrogen (secondary N) is 1. The molecule has 1 heterocycles. The Morgan fingerprint density at radius 2 is 2.11 bits per heavy atom. The maximum atomic E-state index is 11.9. The summed E-state index contributed by atoms with van der Waals surface area (Å²) >= 11 is 0. The van der Waals surface area contributed by atoms with Crippen molar-refractivity contribution in [2.45, 2.75) is 13.3 Å². The highest BCUT2D eigenvalue weighted by Crippen LogP contribution is 2.14. The summed E-state index contributed by atoms with van der Waals surface area (Å²) in [5.41, 5.74) is 7.69. The summed E-state index contributed by atoms with van der Waals surface area (Å²) in [7, 11) is 0. The average Bonchev–Trinajstić information content (AvgIpc) is 2.79. The molecule has 0 aliphatic carbocycles. The Morgan fingerprint density at radius 3 is 2.68 bits per heavy atom. The second-order valence-electron chi connectivity index (χ2n) is 5.04. The van der Waals surface area contributed by atoms with Crippen molar-refractivity contribution in [1.82, 2.24) is 4.90 Å². The molecule has 0 bridgehead atoms. The smallest absolute Gasteiger partial charge is 0.238 e. The van der Waals surface area contributed by atoms with Crippen molar-refractivity contribution in [3.05, 3.63) is 29.8 Å². The number of amides is 1. The van der Waals surface area contributed by atoms with E-state index in [1.54, 1.807) is 0 Å². The van der Waals surface area contributed by atoms with Crippen molar-refractivity contribution in [3.63, 3.8) is 0 Å². The number of hydrogen-bond acceptors (Lipinski definition) is 3. The molecule has 5 heteroatoms. The molecular formula is C14H22ClN3O. The molecule has 0 spiro atoms. The van der Waals surface area contributed by atoms with Gasteiger partial charge in [-0.1, -0.05) is 17.7 Å². The van der Waals surface area contributed by atoms with Crippen LogP contribution in [0.3, 0.4) is 0 Å². The number of halogens is 1. The number of carbonyl (C=O) groups is 1. The maximum absolute atomic E-state index is 11.9. The highest BCUT2D eigenvalue weighted by molar-refractivity contribution is 5.92. The Balaban J connectivity index is 0.00000180. The van der Waals surface area contributed by atoms with Crippen LogP contribution in [0.15, 0.2) is 24.3 Å². The van der Waals surface area contributed by atoms with E-state index in [2.05, 4.69) is 10.2 Å². The maximum Gasteiger partial charge on any atom is 0.238 e. The second kappa shape index (κ2) is 7.48. The predicted molar refractivity (Wildman–Crippen MR) is 80.7 cm³/mol. The molecule has 0 aromatic heterocycles. The summed E-state index contributed by atoms with van der Waals surface area (Å²) in [5, 5.41) is 2.92. The number of rotatable bonds is 4. The van der Waals surface area contributed by atoms with Crippen LogP contribution in [0.1, 0.15) is 12.0 Å². The molecule has 106 valence electrons. The summed E-state index contributed by atoms with van der Waals surface area (Å²) in [5.74, 6) is 0.605. The monoisotopic (exact) mass is 283 g/mol. The molecular weight excluding hydrogens is 262 g/mol. The molecule has 1 unspecified atom stereocenters. The van der Waals surface area contributed by atoms with Gasteiger partial charge in [-0.15, -0.1) is 12.4 Å². The second-order valence-corrected chi connectivity index (χ2v) is 5.04. The minimum atomic E-state index is 0. The lowest BCUT2D eigenvalue weighted by Crippen LogP contribution is -2.32. The fourth-order valence-corrected chi connectivity index (χ4v) is 2.29. The van der Waals surface area contributed by atoms with Crippen LogP contribution >= 0.6 is 12.4 Å². The molecule has 0 radical (unpaired) electrons. The van der Waals surface area contributed by atoms with Gasteiger partial charge in [0.2, 0.25) is 5.91 Å². The van der Waals surface area contributed by atoms with Gasteiger partial charge < -0.3 is 11.1 Å². The van der Waals surface area contributed by atoms with Crippen LogP contribution < -0.4 is 11.1 Å². The van der Waals surface area contributed by atoms with Crippen LogP contribution in [0.2, 0.25) is 0 Å². The van der Waals surface area contributed by atoms with Gasteiger partial charge in [-0.2, -0.15) is 0 Å². The molecule has 1 aromatic rings. The van der Waals surface area contributed by atoms with Crippen LogP contribution in [0.25, 0.3) is 0 Å². The van der Waals surface area contributed by atoms with Gasteiger partial charge in [0.25, 0.3) is 0 Å². The number of likely N-dealkylation sites (tertiary alicyclic amines) is 1. The van der Waals surface area contributed by atoms with Gasteiger partial charge in [0.1, 0.15) is 0 Å². The first-order valence-electron chi connectivity index (χ1n) is 6.46. The predicted octanol–water partition coefficient (Wildman–Crippen LogP) is 1.64. The van der Waals surface area contributed by atoms with E-state index in [0.717, 1.165) is 31.7 Å². The largest absolute Gasteiger partial charge is 0.330 e.